The van der Waals surface area contributed by atoms with Crippen LogP contribution in [0.5, 0.6) is 0 Å². The zero-order valence-corrected chi connectivity index (χ0v) is 17.9. The number of nitrogens with two attached hydrogens (primary N) is 3. The molecule has 0 aromatic rings. The van der Waals surface area contributed by atoms with E-state index in [1.807, 2.05) is 0 Å². The third-order valence-electron chi connectivity index (χ3n) is 4.26. The van der Waals surface area contributed by atoms with Crippen LogP contribution in [-0.4, -0.2) is 99.6 Å². The molecule has 6 atom stereocenters. The van der Waals surface area contributed by atoms with Crippen LogP contribution in [0.15, 0.2) is 4.99 Å². The molecule has 0 saturated carbocycles. The number of aliphatic hydroxyl groups excluding tert-OH is 3. The summed E-state index contributed by atoms with van der Waals surface area (Å²) in [5, 5.41) is 44.1. The van der Waals surface area contributed by atoms with Crippen molar-refractivity contribution in [2.24, 2.45) is 22.2 Å². The second kappa shape index (κ2) is 14.1. The Morgan fingerprint density at radius 1 is 0.906 bits per heavy atom. The molecule has 0 aliphatic heterocycles. The lowest BCUT2D eigenvalue weighted by Gasteiger charge is -2.25. The second-order valence-electron chi connectivity index (χ2n) is 7.09. The highest BCUT2D eigenvalue weighted by Crippen LogP contribution is 2.03. The van der Waals surface area contributed by atoms with Crippen LogP contribution in [0.2, 0.25) is 0 Å². The van der Waals surface area contributed by atoms with Crippen LogP contribution in [0.3, 0.4) is 0 Å². The Hall–Kier alpha value is -3.01. The van der Waals surface area contributed by atoms with Gasteiger partial charge in [0.15, 0.2) is 12.0 Å². The molecule has 0 saturated heterocycles. The molecule has 0 aliphatic carbocycles. The average molecular weight is 463 g/mol. The fraction of sp³-hybridized carbons (Fsp3) is 0.706. The Kier molecular flexibility index (Phi) is 12.8. The molecule has 15 heteroatoms. The van der Waals surface area contributed by atoms with Gasteiger partial charge in [0, 0.05) is 6.54 Å². The number of aliphatic imine (C=N–C) groups is 1. The molecule has 0 aromatic carbocycles. The van der Waals surface area contributed by atoms with E-state index < -0.39 is 66.7 Å². The third kappa shape index (κ3) is 10.3. The Balaban J connectivity index is 5.39. The molecule has 0 bridgehead atoms. The maximum Gasteiger partial charge on any atom is 0.328 e. The lowest BCUT2D eigenvalue weighted by atomic mass is 10.1. The number of rotatable bonds is 14. The highest BCUT2D eigenvalue weighted by atomic mass is 16.4. The van der Waals surface area contributed by atoms with Crippen LogP contribution in [0.25, 0.3) is 0 Å². The number of amides is 3. The summed E-state index contributed by atoms with van der Waals surface area (Å²) in [7, 11) is 0. The van der Waals surface area contributed by atoms with Crippen molar-refractivity contribution in [3.05, 3.63) is 0 Å². The van der Waals surface area contributed by atoms with E-state index in [4.69, 9.17) is 22.3 Å². The highest BCUT2D eigenvalue weighted by molar-refractivity contribution is 5.94. The van der Waals surface area contributed by atoms with Crippen LogP contribution in [-0.2, 0) is 19.2 Å². The van der Waals surface area contributed by atoms with Gasteiger partial charge in [-0.25, -0.2) is 4.79 Å². The molecular formula is C17H33N7O8. The Bertz CT molecular complexity index is 682. The number of guanidine groups is 1. The van der Waals surface area contributed by atoms with Crippen molar-refractivity contribution in [3.63, 3.8) is 0 Å². The highest BCUT2D eigenvalue weighted by Gasteiger charge is 2.31. The summed E-state index contributed by atoms with van der Waals surface area (Å²) in [6.45, 7) is 1.67. The largest absolute Gasteiger partial charge is 0.480 e. The minimum absolute atomic E-state index is 0.0419. The van der Waals surface area contributed by atoms with E-state index in [9.17, 15) is 34.5 Å². The topological polar surface area (TPSA) is 276 Å². The average Bonchev–Trinajstić information content (AvgIpc) is 2.70. The monoisotopic (exact) mass is 463 g/mol. The SMILES string of the molecule is CC(O)C(N)C(=O)NC(CO)C(=O)NC(CCCN=C(N)N)C(=O)NC(C(=O)O)C(C)O. The first-order chi connectivity index (χ1) is 14.8. The van der Waals surface area contributed by atoms with E-state index in [1.54, 1.807) is 0 Å². The van der Waals surface area contributed by atoms with Crippen molar-refractivity contribution in [2.75, 3.05) is 13.2 Å². The molecule has 0 fully saturated rings. The molecule has 184 valence electrons. The molecule has 0 heterocycles. The molecule has 6 unspecified atom stereocenters. The summed E-state index contributed by atoms with van der Waals surface area (Å²) in [6, 6.07) is -5.82. The van der Waals surface area contributed by atoms with Gasteiger partial charge in [0.1, 0.15) is 18.1 Å². The van der Waals surface area contributed by atoms with E-state index in [1.165, 1.54) is 6.92 Å². The first kappa shape index (κ1) is 29.0. The number of nitrogens with one attached hydrogen (secondary N) is 3. The minimum Gasteiger partial charge on any atom is -0.480 e. The first-order valence-corrected chi connectivity index (χ1v) is 9.73. The number of nitrogens with zero attached hydrogens (tertiary/aromatic N) is 1. The van der Waals surface area contributed by atoms with Crippen LogP contribution < -0.4 is 33.2 Å². The molecule has 0 rings (SSSR count). The number of carboxylic acids is 1. The van der Waals surface area contributed by atoms with E-state index in [2.05, 4.69) is 20.9 Å². The normalized spacial score (nSPS) is 16.4. The maximum absolute atomic E-state index is 12.6. The predicted molar refractivity (Wildman–Crippen MR) is 112 cm³/mol. The van der Waals surface area contributed by atoms with Crippen molar-refractivity contribution in [3.8, 4) is 0 Å². The van der Waals surface area contributed by atoms with Crippen molar-refractivity contribution in [2.45, 2.75) is 63.1 Å². The predicted octanol–water partition coefficient (Wildman–Crippen LogP) is -5.34. The lowest BCUT2D eigenvalue weighted by molar-refractivity contribution is -0.145. The summed E-state index contributed by atoms with van der Waals surface area (Å²) < 4.78 is 0. The minimum atomic E-state index is -1.64. The zero-order valence-electron chi connectivity index (χ0n) is 17.9. The summed E-state index contributed by atoms with van der Waals surface area (Å²) in [5.74, 6) is -4.49. The molecule has 0 spiro atoms. The number of carboxylic acid groups (broad SMARTS) is 1. The quantitative estimate of drug-likeness (QED) is 0.0659. The lowest BCUT2D eigenvalue weighted by Crippen LogP contribution is -2.59. The van der Waals surface area contributed by atoms with Crippen LogP contribution in [0.4, 0.5) is 0 Å². The van der Waals surface area contributed by atoms with Gasteiger partial charge in [0.2, 0.25) is 17.7 Å². The van der Waals surface area contributed by atoms with Crippen molar-refractivity contribution in [1.82, 2.24) is 16.0 Å². The van der Waals surface area contributed by atoms with Gasteiger partial charge in [0.05, 0.1) is 18.8 Å². The van der Waals surface area contributed by atoms with Crippen molar-refractivity contribution >= 4 is 29.7 Å². The first-order valence-electron chi connectivity index (χ1n) is 9.73. The Labute approximate surface area is 184 Å². The smallest absolute Gasteiger partial charge is 0.328 e. The molecule has 13 N–H and O–H groups in total. The number of aliphatic hydroxyl groups is 3. The van der Waals surface area contributed by atoms with Gasteiger partial charge < -0.3 is 53.6 Å². The van der Waals surface area contributed by atoms with Crippen molar-refractivity contribution < 1.29 is 39.6 Å². The molecule has 15 nitrogen and oxygen atoms in total. The zero-order chi connectivity index (χ0) is 25.0. The standard InChI is InChI=1S/C17H33N7O8/c1-7(26)11(18)15(30)23-10(6-25)14(29)22-9(4-3-5-21-17(19)20)13(28)24-12(8(2)27)16(31)32/h7-12,25-27H,3-6,18H2,1-2H3,(H,22,29)(H,23,30)(H,24,28)(H,31,32)(H4,19,20,21). The van der Waals surface area contributed by atoms with E-state index >= 15 is 0 Å². The number of carbonyl (C=O) groups excluding carboxylic acids is 3. The van der Waals surface area contributed by atoms with Gasteiger partial charge >= 0.3 is 5.97 Å². The van der Waals surface area contributed by atoms with Crippen LogP contribution >= 0.6 is 0 Å². The molecule has 32 heavy (non-hydrogen) atoms. The van der Waals surface area contributed by atoms with Crippen LogP contribution in [0.1, 0.15) is 26.7 Å². The number of hydrogen-bond donors (Lipinski definition) is 10. The number of carbonyl (C=O) groups is 4. The number of hydrogen-bond acceptors (Lipinski definition) is 9. The summed E-state index contributed by atoms with van der Waals surface area (Å²) in [5.41, 5.74) is 15.9. The third-order valence-corrected chi connectivity index (χ3v) is 4.26. The maximum atomic E-state index is 12.6. The van der Waals surface area contributed by atoms with Gasteiger partial charge in [-0.15, -0.1) is 0 Å². The van der Waals surface area contributed by atoms with Crippen LogP contribution in [0, 0.1) is 0 Å². The summed E-state index contributed by atoms with van der Waals surface area (Å²) in [6.07, 6.45) is -2.49. The molecule has 3 amide bonds. The van der Waals surface area contributed by atoms with Gasteiger partial charge in [-0.1, -0.05) is 0 Å². The Morgan fingerprint density at radius 3 is 1.88 bits per heavy atom. The molecule has 0 aromatic heterocycles. The molecule has 0 radical (unpaired) electrons. The fourth-order valence-electron chi connectivity index (χ4n) is 2.37. The number of aliphatic carboxylic acids is 1. The molecular weight excluding hydrogens is 430 g/mol. The van der Waals surface area contributed by atoms with Gasteiger partial charge in [0.25, 0.3) is 0 Å². The van der Waals surface area contributed by atoms with E-state index in [-0.39, 0.29) is 25.3 Å². The van der Waals surface area contributed by atoms with Crippen molar-refractivity contribution in [1.29, 1.82) is 0 Å². The van der Waals surface area contributed by atoms with Gasteiger partial charge in [-0.2, -0.15) is 0 Å². The van der Waals surface area contributed by atoms with Gasteiger partial charge in [-0.05, 0) is 26.7 Å². The molecule has 0 aliphatic rings. The second-order valence-corrected chi connectivity index (χ2v) is 7.09. The summed E-state index contributed by atoms with van der Waals surface area (Å²) in [4.78, 5) is 52.0. The van der Waals surface area contributed by atoms with Gasteiger partial charge in [-0.3, -0.25) is 19.4 Å². The van der Waals surface area contributed by atoms with E-state index in [0.29, 0.717) is 0 Å². The summed E-state index contributed by atoms with van der Waals surface area (Å²) >= 11 is 0. The Morgan fingerprint density at radius 2 is 1.44 bits per heavy atom. The van der Waals surface area contributed by atoms with E-state index in [0.717, 1.165) is 6.92 Å². The fourth-order valence-corrected chi connectivity index (χ4v) is 2.37.